The van der Waals surface area contributed by atoms with E-state index in [0.29, 0.717) is 24.7 Å². The number of nitrogens with one attached hydrogen (secondary N) is 2. The fraction of sp³-hybridized carbons (Fsp3) is 0.571. The van der Waals surface area contributed by atoms with E-state index >= 15 is 0 Å². The van der Waals surface area contributed by atoms with E-state index in [4.69, 9.17) is 0 Å². The van der Waals surface area contributed by atoms with Crippen molar-refractivity contribution >= 4 is 31.8 Å². The molecule has 1 heterocycles. The lowest BCUT2D eigenvalue weighted by Gasteiger charge is -2.31. The molecule has 1 aliphatic rings. The summed E-state index contributed by atoms with van der Waals surface area (Å²) >= 11 is 3.34. The maximum Gasteiger partial charge on any atom is 0.301 e. The Balaban J connectivity index is 1.90. The molecule has 0 unspecified atom stereocenters. The first kappa shape index (κ1) is 16.7. The molecule has 1 fully saturated rings. The molecule has 0 atom stereocenters. The van der Waals surface area contributed by atoms with E-state index in [1.807, 2.05) is 12.1 Å². The van der Waals surface area contributed by atoms with Gasteiger partial charge < -0.3 is 5.32 Å². The predicted octanol–water partition coefficient (Wildman–Crippen LogP) is 2.43. The molecular formula is C14H22BrN3O2S. The second kappa shape index (κ2) is 7.58. The zero-order valence-electron chi connectivity index (χ0n) is 12.2. The monoisotopic (exact) mass is 375 g/mol. The first-order valence-corrected chi connectivity index (χ1v) is 9.48. The molecule has 118 valence electrons. The lowest BCUT2D eigenvalue weighted by Crippen LogP contribution is -2.43. The van der Waals surface area contributed by atoms with Crippen LogP contribution in [0.2, 0.25) is 0 Å². The van der Waals surface area contributed by atoms with Crippen molar-refractivity contribution in [1.82, 2.24) is 9.62 Å². The van der Waals surface area contributed by atoms with Crippen molar-refractivity contribution in [1.29, 1.82) is 0 Å². The molecule has 1 saturated heterocycles. The van der Waals surface area contributed by atoms with Gasteiger partial charge in [-0.25, -0.2) is 0 Å². The predicted molar refractivity (Wildman–Crippen MR) is 89.5 cm³/mol. The highest BCUT2D eigenvalue weighted by Crippen LogP contribution is 2.21. The van der Waals surface area contributed by atoms with Crippen molar-refractivity contribution in [2.45, 2.75) is 19.8 Å². The van der Waals surface area contributed by atoms with Crippen molar-refractivity contribution in [3.8, 4) is 0 Å². The quantitative estimate of drug-likeness (QED) is 0.802. The Morgan fingerprint density at radius 2 is 1.86 bits per heavy atom. The zero-order valence-corrected chi connectivity index (χ0v) is 14.6. The van der Waals surface area contributed by atoms with Gasteiger partial charge in [0, 0.05) is 23.2 Å². The highest BCUT2D eigenvalue weighted by atomic mass is 79.9. The first-order chi connectivity index (χ1) is 10.0. The van der Waals surface area contributed by atoms with Gasteiger partial charge in [0.15, 0.2) is 0 Å². The molecule has 0 bridgehead atoms. The number of piperidine rings is 1. The minimum atomic E-state index is -3.45. The lowest BCUT2D eigenvalue weighted by molar-refractivity contribution is 0.269. The molecule has 0 saturated carbocycles. The van der Waals surface area contributed by atoms with Gasteiger partial charge in [0.1, 0.15) is 0 Å². The molecule has 7 heteroatoms. The molecular weight excluding hydrogens is 354 g/mol. The number of benzene rings is 1. The summed E-state index contributed by atoms with van der Waals surface area (Å²) in [6, 6.07) is 7.14. The summed E-state index contributed by atoms with van der Waals surface area (Å²) < 4.78 is 29.8. The van der Waals surface area contributed by atoms with Gasteiger partial charge in [-0.15, -0.1) is 0 Å². The Morgan fingerprint density at radius 1 is 1.24 bits per heavy atom. The Kier molecular flexibility index (Phi) is 6.04. The average Bonchev–Trinajstić information content (AvgIpc) is 2.48. The van der Waals surface area contributed by atoms with Gasteiger partial charge in [-0.3, -0.25) is 4.72 Å². The summed E-state index contributed by atoms with van der Waals surface area (Å²) in [7, 11) is -3.45. The maximum absolute atomic E-state index is 12.3. The Morgan fingerprint density at radius 3 is 2.43 bits per heavy atom. The van der Waals surface area contributed by atoms with Crippen molar-refractivity contribution in [3.63, 3.8) is 0 Å². The van der Waals surface area contributed by atoms with Crippen LogP contribution < -0.4 is 10.0 Å². The molecule has 0 amide bonds. The van der Waals surface area contributed by atoms with E-state index in [2.05, 4.69) is 32.9 Å². The summed E-state index contributed by atoms with van der Waals surface area (Å²) in [5, 5.41) is 3.33. The fourth-order valence-corrected chi connectivity index (χ4v) is 3.95. The number of rotatable bonds is 6. The molecule has 1 aromatic carbocycles. The highest BCUT2D eigenvalue weighted by Gasteiger charge is 2.27. The van der Waals surface area contributed by atoms with E-state index in [0.717, 1.165) is 30.4 Å². The Labute approximate surface area is 135 Å². The Bertz CT molecular complexity index is 540. The van der Waals surface area contributed by atoms with Gasteiger partial charge in [0.25, 0.3) is 0 Å². The molecule has 0 aliphatic carbocycles. The summed E-state index contributed by atoms with van der Waals surface area (Å²) in [6.07, 6.45) is 1.82. The van der Waals surface area contributed by atoms with Crippen molar-refractivity contribution < 1.29 is 8.42 Å². The summed E-state index contributed by atoms with van der Waals surface area (Å²) in [6.45, 7) is 5.19. The van der Waals surface area contributed by atoms with Crippen LogP contribution in [0, 0.1) is 5.92 Å². The second-order valence-electron chi connectivity index (χ2n) is 5.26. The zero-order chi connectivity index (χ0) is 15.3. The van der Waals surface area contributed by atoms with E-state index < -0.39 is 10.2 Å². The maximum atomic E-state index is 12.3. The fourth-order valence-electron chi connectivity index (χ4n) is 2.43. The molecule has 1 aromatic rings. The van der Waals surface area contributed by atoms with Crippen LogP contribution >= 0.6 is 15.9 Å². The second-order valence-corrected chi connectivity index (χ2v) is 7.85. The van der Waals surface area contributed by atoms with E-state index in [-0.39, 0.29) is 0 Å². The Hall–Kier alpha value is -0.630. The molecule has 0 aromatic heterocycles. The van der Waals surface area contributed by atoms with Crippen LogP contribution in [0.15, 0.2) is 28.7 Å². The third-order valence-corrected chi connectivity index (χ3v) is 5.75. The van der Waals surface area contributed by atoms with Crippen LogP contribution in [0.25, 0.3) is 0 Å². The normalized spacial score (nSPS) is 17.8. The minimum absolute atomic E-state index is 0.573. The van der Waals surface area contributed by atoms with Gasteiger partial charge in [0.2, 0.25) is 0 Å². The van der Waals surface area contributed by atoms with E-state index in [1.54, 1.807) is 12.1 Å². The van der Waals surface area contributed by atoms with Crippen LogP contribution in [0.4, 0.5) is 5.69 Å². The van der Waals surface area contributed by atoms with Crippen LogP contribution in [0.3, 0.4) is 0 Å². The summed E-state index contributed by atoms with van der Waals surface area (Å²) in [5.74, 6) is 0.573. The van der Waals surface area contributed by atoms with Crippen LogP contribution in [-0.2, 0) is 10.2 Å². The van der Waals surface area contributed by atoms with Crippen LogP contribution in [-0.4, -0.2) is 38.9 Å². The molecule has 2 rings (SSSR count). The molecule has 0 radical (unpaired) electrons. The first-order valence-electron chi connectivity index (χ1n) is 7.25. The van der Waals surface area contributed by atoms with Gasteiger partial charge in [-0.05, 0) is 56.1 Å². The number of hydrogen-bond donors (Lipinski definition) is 2. The van der Waals surface area contributed by atoms with Gasteiger partial charge in [0.05, 0.1) is 0 Å². The SMILES string of the molecule is CCNCC1CCN(S(=O)(=O)Nc2ccc(Br)cc2)CC1. The van der Waals surface area contributed by atoms with Crippen molar-refractivity contribution in [2.24, 2.45) is 5.92 Å². The molecule has 2 N–H and O–H groups in total. The van der Waals surface area contributed by atoms with E-state index in [9.17, 15) is 8.42 Å². The van der Waals surface area contributed by atoms with E-state index in [1.165, 1.54) is 4.31 Å². The molecule has 5 nitrogen and oxygen atoms in total. The molecule has 21 heavy (non-hydrogen) atoms. The van der Waals surface area contributed by atoms with Crippen LogP contribution in [0.1, 0.15) is 19.8 Å². The number of halogens is 1. The topological polar surface area (TPSA) is 61.4 Å². The smallest absolute Gasteiger partial charge is 0.301 e. The standard InChI is InChI=1S/C14H22BrN3O2S/c1-2-16-11-12-7-9-18(10-8-12)21(19,20)17-14-5-3-13(15)4-6-14/h3-6,12,16-17H,2,7-11H2,1H3. The van der Waals surface area contributed by atoms with Gasteiger partial charge in [-0.2, -0.15) is 12.7 Å². The number of anilines is 1. The minimum Gasteiger partial charge on any atom is -0.317 e. The van der Waals surface area contributed by atoms with Crippen molar-refractivity contribution in [3.05, 3.63) is 28.7 Å². The third kappa shape index (κ3) is 4.95. The summed E-state index contributed by atoms with van der Waals surface area (Å²) in [5.41, 5.74) is 0.591. The van der Waals surface area contributed by atoms with Crippen molar-refractivity contribution in [2.75, 3.05) is 30.9 Å². The summed E-state index contributed by atoms with van der Waals surface area (Å²) in [4.78, 5) is 0. The largest absolute Gasteiger partial charge is 0.317 e. The average molecular weight is 376 g/mol. The van der Waals surface area contributed by atoms with Gasteiger partial charge in [-0.1, -0.05) is 22.9 Å². The number of nitrogens with zero attached hydrogens (tertiary/aromatic N) is 1. The molecule has 0 spiro atoms. The lowest BCUT2D eigenvalue weighted by atomic mass is 9.98. The molecule has 1 aliphatic heterocycles. The number of hydrogen-bond acceptors (Lipinski definition) is 3. The van der Waals surface area contributed by atoms with Gasteiger partial charge >= 0.3 is 10.2 Å². The third-order valence-electron chi connectivity index (χ3n) is 3.69. The van der Waals surface area contributed by atoms with Crippen LogP contribution in [0.5, 0.6) is 0 Å². The highest BCUT2D eigenvalue weighted by molar-refractivity contribution is 9.10.